The Labute approximate surface area is 116 Å². The van der Waals surface area contributed by atoms with Gasteiger partial charge in [0.15, 0.2) is 0 Å². The Morgan fingerprint density at radius 1 is 1.38 bits per heavy atom. The summed E-state index contributed by atoms with van der Waals surface area (Å²) in [6, 6.07) is 4.98. The van der Waals surface area contributed by atoms with Gasteiger partial charge < -0.3 is 10.8 Å². The lowest BCUT2D eigenvalue weighted by molar-refractivity contribution is 0.0977. The molecule has 1 aromatic rings. The fourth-order valence-electron chi connectivity index (χ4n) is 1.37. The molecule has 0 aromatic heterocycles. The van der Waals surface area contributed by atoms with E-state index in [1.807, 2.05) is 19.9 Å². The summed E-state index contributed by atoms with van der Waals surface area (Å²) in [7, 11) is 0. The van der Waals surface area contributed by atoms with Crippen LogP contribution in [0.2, 0.25) is 5.02 Å². The van der Waals surface area contributed by atoms with E-state index in [4.69, 9.17) is 17.3 Å². The zero-order valence-electron chi connectivity index (χ0n) is 9.15. The molecule has 0 fully saturated rings. The Hall–Kier alpha value is 0.200. The molecule has 2 atom stereocenters. The summed E-state index contributed by atoms with van der Waals surface area (Å²) in [5.41, 5.74) is 6.81. The number of hydrogen-bond donors (Lipinski definition) is 2. The maximum absolute atomic E-state index is 9.87. The van der Waals surface area contributed by atoms with Crippen LogP contribution in [-0.4, -0.2) is 11.2 Å². The standard InChI is InChI=1S/C11H15BrClNO.ClH/c1-6(2)11(15)10(14)8-5-7(13)3-4-9(8)12;/h3-6,10-11,15H,14H2,1-2H3;1H/t10-,11+;/m0./s1. The van der Waals surface area contributed by atoms with Crippen molar-refractivity contribution in [3.05, 3.63) is 33.3 Å². The lowest BCUT2D eigenvalue weighted by Crippen LogP contribution is -2.30. The van der Waals surface area contributed by atoms with Gasteiger partial charge in [-0.15, -0.1) is 12.4 Å². The van der Waals surface area contributed by atoms with E-state index in [2.05, 4.69) is 15.9 Å². The third kappa shape index (κ3) is 3.90. The summed E-state index contributed by atoms with van der Waals surface area (Å²) in [5.74, 6) is 0.117. The van der Waals surface area contributed by atoms with Gasteiger partial charge in [0.05, 0.1) is 12.1 Å². The van der Waals surface area contributed by atoms with E-state index in [0.29, 0.717) is 5.02 Å². The summed E-state index contributed by atoms with van der Waals surface area (Å²) < 4.78 is 0.874. The van der Waals surface area contributed by atoms with Gasteiger partial charge >= 0.3 is 0 Å². The summed E-state index contributed by atoms with van der Waals surface area (Å²) in [6.45, 7) is 3.87. The minimum atomic E-state index is -0.570. The number of aliphatic hydroxyl groups excluding tert-OH is 1. The molecule has 5 heteroatoms. The highest BCUT2D eigenvalue weighted by atomic mass is 79.9. The maximum atomic E-state index is 9.87. The molecule has 0 spiro atoms. The number of nitrogens with two attached hydrogens (primary N) is 1. The molecule has 0 amide bonds. The van der Waals surface area contributed by atoms with E-state index in [-0.39, 0.29) is 18.3 Å². The molecule has 0 heterocycles. The van der Waals surface area contributed by atoms with Crippen LogP contribution in [0.5, 0.6) is 0 Å². The number of rotatable bonds is 3. The van der Waals surface area contributed by atoms with Gasteiger partial charge in [-0.25, -0.2) is 0 Å². The molecule has 0 radical (unpaired) electrons. The second kappa shape index (κ2) is 6.82. The van der Waals surface area contributed by atoms with Crippen molar-refractivity contribution in [1.29, 1.82) is 0 Å². The Morgan fingerprint density at radius 2 is 1.94 bits per heavy atom. The molecule has 1 rings (SSSR count). The van der Waals surface area contributed by atoms with E-state index >= 15 is 0 Å². The molecule has 0 saturated carbocycles. The number of halogens is 3. The topological polar surface area (TPSA) is 46.2 Å². The van der Waals surface area contributed by atoms with Gasteiger partial charge in [0.2, 0.25) is 0 Å². The van der Waals surface area contributed by atoms with Crippen LogP contribution in [0.4, 0.5) is 0 Å². The van der Waals surface area contributed by atoms with Crippen LogP contribution >= 0.6 is 39.9 Å². The van der Waals surface area contributed by atoms with Crippen molar-refractivity contribution in [2.45, 2.75) is 26.0 Å². The SMILES string of the molecule is CC(C)[C@@H](O)[C@@H](N)c1cc(Cl)ccc1Br.Cl. The van der Waals surface area contributed by atoms with Gasteiger partial charge in [0.25, 0.3) is 0 Å². The molecule has 1 aromatic carbocycles. The molecule has 3 N–H and O–H groups in total. The summed E-state index contributed by atoms with van der Waals surface area (Å²) in [4.78, 5) is 0. The highest BCUT2D eigenvalue weighted by molar-refractivity contribution is 9.10. The van der Waals surface area contributed by atoms with Crippen molar-refractivity contribution in [2.24, 2.45) is 11.7 Å². The molecule has 0 unspecified atom stereocenters. The fraction of sp³-hybridized carbons (Fsp3) is 0.455. The van der Waals surface area contributed by atoms with Crippen molar-refractivity contribution >= 4 is 39.9 Å². The third-order valence-corrected chi connectivity index (χ3v) is 3.33. The largest absolute Gasteiger partial charge is 0.391 e. The Bertz CT molecular complexity index is 347. The highest BCUT2D eigenvalue weighted by Crippen LogP contribution is 2.29. The molecule has 0 aliphatic heterocycles. The Balaban J connectivity index is 0.00000225. The smallest absolute Gasteiger partial charge is 0.0756 e. The van der Waals surface area contributed by atoms with E-state index in [1.165, 1.54) is 0 Å². The van der Waals surface area contributed by atoms with Crippen LogP contribution in [0.15, 0.2) is 22.7 Å². The van der Waals surface area contributed by atoms with E-state index in [0.717, 1.165) is 10.0 Å². The molecule has 92 valence electrons. The lowest BCUT2D eigenvalue weighted by Gasteiger charge is -2.23. The summed E-state index contributed by atoms with van der Waals surface area (Å²) in [5, 5.41) is 10.5. The highest BCUT2D eigenvalue weighted by Gasteiger charge is 2.21. The number of benzene rings is 1. The molecule has 0 aliphatic rings. The van der Waals surface area contributed by atoms with Gasteiger partial charge in [-0.05, 0) is 29.7 Å². The van der Waals surface area contributed by atoms with E-state index in [1.54, 1.807) is 12.1 Å². The normalized spacial score (nSPS) is 14.4. The minimum Gasteiger partial charge on any atom is -0.391 e. The van der Waals surface area contributed by atoms with Crippen molar-refractivity contribution < 1.29 is 5.11 Å². The molecule has 16 heavy (non-hydrogen) atoms. The zero-order valence-corrected chi connectivity index (χ0v) is 12.3. The van der Waals surface area contributed by atoms with Crippen molar-refractivity contribution in [3.63, 3.8) is 0 Å². The van der Waals surface area contributed by atoms with Crippen LogP contribution in [0, 0.1) is 5.92 Å². The summed E-state index contributed by atoms with van der Waals surface area (Å²) in [6.07, 6.45) is -0.570. The first-order valence-corrected chi connectivity index (χ1v) is 5.99. The van der Waals surface area contributed by atoms with Crippen molar-refractivity contribution in [3.8, 4) is 0 Å². The van der Waals surface area contributed by atoms with Gasteiger partial charge in [-0.3, -0.25) is 0 Å². The minimum absolute atomic E-state index is 0. The maximum Gasteiger partial charge on any atom is 0.0756 e. The summed E-state index contributed by atoms with van der Waals surface area (Å²) >= 11 is 9.29. The van der Waals surface area contributed by atoms with Crippen LogP contribution < -0.4 is 5.73 Å². The van der Waals surface area contributed by atoms with Crippen LogP contribution in [0.3, 0.4) is 0 Å². The third-order valence-electron chi connectivity index (χ3n) is 2.37. The Kier molecular flexibility index (Phi) is 6.90. The van der Waals surface area contributed by atoms with Gasteiger partial charge in [-0.2, -0.15) is 0 Å². The first kappa shape index (κ1) is 16.2. The van der Waals surface area contributed by atoms with Gasteiger partial charge in [0, 0.05) is 9.50 Å². The molecular formula is C11H16BrCl2NO. The molecule has 0 aliphatic carbocycles. The number of hydrogen-bond acceptors (Lipinski definition) is 2. The van der Waals surface area contributed by atoms with Crippen LogP contribution in [-0.2, 0) is 0 Å². The number of aliphatic hydroxyl groups is 1. The molecule has 0 saturated heterocycles. The van der Waals surface area contributed by atoms with Crippen molar-refractivity contribution in [2.75, 3.05) is 0 Å². The van der Waals surface area contributed by atoms with E-state index < -0.39 is 12.1 Å². The second-order valence-corrected chi connectivity index (χ2v) is 5.22. The fourth-order valence-corrected chi connectivity index (χ4v) is 2.06. The predicted octanol–water partition coefficient (Wildman–Crippen LogP) is 3.54. The van der Waals surface area contributed by atoms with E-state index in [9.17, 15) is 5.11 Å². The van der Waals surface area contributed by atoms with Crippen LogP contribution in [0.1, 0.15) is 25.5 Å². The van der Waals surface area contributed by atoms with Gasteiger partial charge in [-0.1, -0.05) is 41.4 Å². The van der Waals surface area contributed by atoms with Crippen molar-refractivity contribution in [1.82, 2.24) is 0 Å². The predicted molar refractivity (Wildman–Crippen MR) is 74.2 cm³/mol. The lowest BCUT2D eigenvalue weighted by atomic mass is 9.94. The Morgan fingerprint density at radius 3 is 2.44 bits per heavy atom. The molecule has 0 bridgehead atoms. The average molecular weight is 329 g/mol. The molecular weight excluding hydrogens is 313 g/mol. The monoisotopic (exact) mass is 327 g/mol. The molecule has 2 nitrogen and oxygen atoms in total. The first-order chi connectivity index (χ1) is 6.93. The average Bonchev–Trinajstić information content (AvgIpc) is 2.19. The zero-order chi connectivity index (χ0) is 11.6. The first-order valence-electron chi connectivity index (χ1n) is 4.82. The second-order valence-electron chi connectivity index (χ2n) is 3.93. The van der Waals surface area contributed by atoms with Gasteiger partial charge in [0.1, 0.15) is 0 Å². The quantitative estimate of drug-likeness (QED) is 0.891. The van der Waals surface area contributed by atoms with Crippen LogP contribution in [0.25, 0.3) is 0 Å².